The summed E-state index contributed by atoms with van der Waals surface area (Å²) in [7, 11) is 1.70. The normalized spacial score (nSPS) is 34.9. The summed E-state index contributed by atoms with van der Waals surface area (Å²) in [4.78, 5) is 59.9. The predicted octanol–water partition coefficient (Wildman–Crippen LogP) is 1.85. The number of allylic oxidation sites excluding steroid dienone is 1. The number of fused-ring (bicyclic) bond motifs is 2. The number of rotatable bonds is 4. The van der Waals surface area contributed by atoms with Gasteiger partial charge in [0, 0.05) is 32.6 Å². The van der Waals surface area contributed by atoms with Crippen molar-refractivity contribution >= 4 is 23.7 Å². The number of ether oxygens (including phenoxy) is 2. The first kappa shape index (κ1) is 29.0. The second kappa shape index (κ2) is 11.4. The molecule has 41 heavy (non-hydrogen) atoms. The van der Waals surface area contributed by atoms with Gasteiger partial charge in [-0.2, -0.15) is 0 Å². The molecule has 1 spiro atoms. The summed E-state index contributed by atoms with van der Waals surface area (Å²) in [6.45, 7) is 5.51. The molecule has 10 heteroatoms. The molecule has 5 rings (SSSR count). The zero-order valence-corrected chi connectivity index (χ0v) is 24.0. The van der Waals surface area contributed by atoms with Gasteiger partial charge >= 0.3 is 5.97 Å². The van der Waals surface area contributed by atoms with E-state index in [0.717, 1.165) is 5.56 Å². The first-order chi connectivity index (χ1) is 19.6. The van der Waals surface area contributed by atoms with Crippen molar-refractivity contribution in [2.24, 2.45) is 11.8 Å². The minimum atomic E-state index is -1.34. The van der Waals surface area contributed by atoms with Gasteiger partial charge in [0.1, 0.15) is 23.7 Å². The highest BCUT2D eigenvalue weighted by molar-refractivity contribution is 5.99. The molecule has 10 nitrogen and oxygen atoms in total. The number of aliphatic hydroxyl groups excluding tert-OH is 1. The summed E-state index contributed by atoms with van der Waals surface area (Å²) < 4.78 is 12.6. The number of hydrogen-bond acceptors (Lipinski definition) is 7. The maximum absolute atomic E-state index is 14.2. The van der Waals surface area contributed by atoms with Crippen molar-refractivity contribution in [3.05, 3.63) is 60.2 Å². The lowest BCUT2D eigenvalue weighted by Gasteiger charge is -2.37. The van der Waals surface area contributed by atoms with Crippen LogP contribution in [0.5, 0.6) is 0 Å². The second-order valence-electron chi connectivity index (χ2n) is 11.6. The van der Waals surface area contributed by atoms with Crippen LogP contribution in [0.3, 0.4) is 0 Å². The third-order valence-electron chi connectivity index (χ3n) is 8.93. The number of nitrogens with zero attached hydrogens (tertiary/aromatic N) is 3. The molecular weight excluding hydrogens is 526 g/mol. The molecule has 4 heterocycles. The quantitative estimate of drug-likeness (QED) is 0.438. The Morgan fingerprint density at radius 2 is 1.80 bits per heavy atom. The van der Waals surface area contributed by atoms with Gasteiger partial charge in [0.2, 0.25) is 17.7 Å². The number of likely N-dealkylation sites (tertiary alicyclic amines) is 1. The van der Waals surface area contributed by atoms with Crippen molar-refractivity contribution < 1.29 is 33.8 Å². The van der Waals surface area contributed by atoms with Crippen LogP contribution in [0.25, 0.3) is 0 Å². The standard InChI is InChI=1S/C31H39N3O7/c1-19(2)33-16-10-6-9-13-23(36)32(4)20(3)26(21-11-7-5-8-12-21)40-30(39)24-22-14-15-31(41-22)25(24)28(37)34(17-18-35)27(31)29(33)38/h5-8,10-12,14-15,19-20,22,24-27,35H,9,13,16-18H2,1-4H3/b10-6-/t20-,22+,24-,25-,26+,27+,31-/m1/s1. The highest BCUT2D eigenvalue weighted by Crippen LogP contribution is 2.55. The summed E-state index contributed by atoms with van der Waals surface area (Å²) in [5, 5.41) is 9.84. The molecule has 0 saturated carbocycles. The number of carbonyl (C=O) groups is 4. The molecule has 3 amide bonds. The van der Waals surface area contributed by atoms with Crippen LogP contribution in [0.4, 0.5) is 0 Å². The molecule has 1 aromatic carbocycles. The van der Waals surface area contributed by atoms with Crippen LogP contribution in [0, 0.1) is 11.8 Å². The molecule has 0 aliphatic carbocycles. The van der Waals surface area contributed by atoms with Gasteiger partial charge in [0.05, 0.1) is 24.7 Å². The second-order valence-corrected chi connectivity index (χ2v) is 11.6. The molecule has 4 aliphatic rings. The zero-order chi connectivity index (χ0) is 29.5. The Labute approximate surface area is 240 Å². The average Bonchev–Trinajstić information content (AvgIpc) is 3.60. The zero-order valence-electron chi connectivity index (χ0n) is 24.0. The monoisotopic (exact) mass is 565 g/mol. The van der Waals surface area contributed by atoms with E-state index in [1.807, 2.05) is 63.3 Å². The first-order valence-corrected chi connectivity index (χ1v) is 14.4. The van der Waals surface area contributed by atoms with Gasteiger partial charge in [0.15, 0.2) is 0 Å². The van der Waals surface area contributed by atoms with Gasteiger partial charge in [-0.05, 0) is 32.8 Å². The SMILES string of the molecule is CC(C)N1C/C=C\CCC(=O)N(C)[C@H](C)[C@@H](c2ccccc2)OC(=O)[C@@H]2[C@@H]3C=C[C@]4(O3)[C@H](C1=O)N(CCO)C(=O)[C@@H]24. The van der Waals surface area contributed by atoms with Gasteiger partial charge in [-0.25, -0.2) is 0 Å². The number of hydrogen-bond donors (Lipinski definition) is 1. The van der Waals surface area contributed by atoms with Crippen LogP contribution < -0.4 is 0 Å². The van der Waals surface area contributed by atoms with Crippen LogP contribution in [0.2, 0.25) is 0 Å². The summed E-state index contributed by atoms with van der Waals surface area (Å²) >= 11 is 0. The highest BCUT2D eigenvalue weighted by Gasteiger charge is 2.73. The topological polar surface area (TPSA) is 117 Å². The van der Waals surface area contributed by atoms with Gasteiger partial charge in [-0.3, -0.25) is 19.2 Å². The fourth-order valence-electron chi connectivity index (χ4n) is 6.69. The fraction of sp³-hybridized carbons (Fsp3) is 0.548. The van der Waals surface area contributed by atoms with Crippen molar-refractivity contribution in [3.8, 4) is 0 Å². The maximum atomic E-state index is 14.2. The predicted molar refractivity (Wildman–Crippen MR) is 149 cm³/mol. The highest BCUT2D eigenvalue weighted by atomic mass is 16.6. The van der Waals surface area contributed by atoms with Crippen molar-refractivity contribution in [3.63, 3.8) is 0 Å². The van der Waals surface area contributed by atoms with E-state index >= 15 is 0 Å². The molecular formula is C31H39N3O7. The number of cyclic esters (lactones) is 1. The molecule has 2 saturated heterocycles. The molecule has 0 unspecified atom stereocenters. The van der Waals surface area contributed by atoms with Gasteiger partial charge < -0.3 is 29.3 Å². The minimum Gasteiger partial charge on any atom is -0.455 e. The summed E-state index contributed by atoms with van der Waals surface area (Å²) in [5.41, 5.74) is -0.622. The Morgan fingerprint density at radius 3 is 2.49 bits per heavy atom. The van der Waals surface area contributed by atoms with Gasteiger partial charge in [0.25, 0.3) is 0 Å². The van der Waals surface area contributed by atoms with E-state index in [0.29, 0.717) is 6.42 Å². The Hall–Kier alpha value is -3.50. The number of β-amino-alcohol motifs (C(OH)–C–C–N with tert-alkyl or cyclic N) is 1. The average molecular weight is 566 g/mol. The third kappa shape index (κ3) is 4.86. The lowest BCUT2D eigenvalue weighted by atomic mass is 9.74. The lowest BCUT2D eigenvalue weighted by molar-refractivity contribution is -0.164. The molecule has 220 valence electrons. The fourth-order valence-corrected chi connectivity index (χ4v) is 6.69. The summed E-state index contributed by atoms with van der Waals surface area (Å²) in [5.74, 6) is -3.40. The lowest BCUT2D eigenvalue weighted by Crippen LogP contribution is -2.57. The number of benzene rings is 1. The number of aliphatic hydroxyl groups is 1. The number of likely N-dealkylation sites (N-methyl/N-ethyl adjacent to an activating group) is 1. The largest absolute Gasteiger partial charge is 0.455 e. The maximum Gasteiger partial charge on any atom is 0.313 e. The molecule has 5 bridgehead atoms. The Kier molecular flexibility index (Phi) is 8.07. The van der Waals surface area contributed by atoms with E-state index in [-0.39, 0.29) is 44.0 Å². The molecule has 1 N–H and O–H groups in total. The van der Waals surface area contributed by atoms with Gasteiger partial charge in [-0.15, -0.1) is 0 Å². The van der Waals surface area contributed by atoms with Crippen LogP contribution >= 0.6 is 0 Å². The molecule has 0 radical (unpaired) electrons. The molecule has 0 aromatic heterocycles. The number of esters is 1. The van der Waals surface area contributed by atoms with Crippen molar-refractivity contribution in [1.82, 2.24) is 14.7 Å². The van der Waals surface area contributed by atoms with E-state index in [4.69, 9.17) is 9.47 Å². The summed E-state index contributed by atoms with van der Waals surface area (Å²) in [6, 6.07) is 7.51. The van der Waals surface area contributed by atoms with Gasteiger partial charge in [-0.1, -0.05) is 54.6 Å². The first-order valence-electron chi connectivity index (χ1n) is 14.4. The minimum absolute atomic E-state index is 0.0600. The Balaban J connectivity index is 1.59. The van der Waals surface area contributed by atoms with E-state index in [9.17, 15) is 24.3 Å². The van der Waals surface area contributed by atoms with E-state index < -0.39 is 53.6 Å². The molecule has 4 aliphatic heterocycles. The smallest absolute Gasteiger partial charge is 0.313 e. The Morgan fingerprint density at radius 1 is 1.07 bits per heavy atom. The van der Waals surface area contributed by atoms with Crippen LogP contribution in [-0.2, 0) is 28.7 Å². The molecule has 2 fully saturated rings. The van der Waals surface area contributed by atoms with Crippen molar-refractivity contribution in [1.29, 1.82) is 0 Å². The van der Waals surface area contributed by atoms with Crippen LogP contribution in [0.1, 0.15) is 45.3 Å². The van der Waals surface area contributed by atoms with E-state index in [1.165, 1.54) is 4.90 Å². The third-order valence-corrected chi connectivity index (χ3v) is 8.93. The summed E-state index contributed by atoms with van der Waals surface area (Å²) in [6.07, 6.45) is 6.44. The van der Waals surface area contributed by atoms with Crippen molar-refractivity contribution in [2.75, 3.05) is 26.7 Å². The van der Waals surface area contributed by atoms with Crippen LogP contribution in [0.15, 0.2) is 54.6 Å². The van der Waals surface area contributed by atoms with Crippen molar-refractivity contribution in [2.45, 2.75) is 69.5 Å². The number of carbonyl (C=O) groups excluding carboxylic acids is 4. The molecule has 7 atom stereocenters. The van der Waals surface area contributed by atoms with Crippen LogP contribution in [-0.4, -0.2) is 100 Å². The Bertz CT molecular complexity index is 1250. The van der Waals surface area contributed by atoms with E-state index in [2.05, 4.69) is 0 Å². The number of amides is 3. The van der Waals surface area contributed by atoms with E-state index in [1.54, 1.807) is 29.0 Å². The molecule has 1 aromatic rings.